The van der Waals surface area contributed by atoms with E-state index in [2.05, 4.69) is 26.5 Å². The molecule has 0 aliphatic heterocycles. The Hall–Kier alpha value is -0.180. The molecule has 0 aliphatic carbocycles. The number of aliphatic carboxylic acids is 1. The third kappa shape index (κ3) is 33.7. The van der Waals surface area contributed by atoms with Crippen molar-refractivity contribution in [3.63, 3.8) is 0 Å². The highest BCUT2D eigenvalue weighted by atomic mass is 32.1. The van der Waals surface area contributed by atoms with Crippen molar-refractivity contribution in [2.24, 2.45) is 5.92 Å². The summed E-state index contributed by atoms with van der Waals surface area (Å²) in [6, 6.07) is 0. The van der Waals surface area contributed by atoms with Gasteiger partial charge in [0.1, 0.15) is 0 Å². The van der Waals surface area contributed by atoms with E-state index in [-0.39, 0.29) is 0 Å². The number of rotatable bonds is 5. The van der Waals surface area contributed by atoms with Crippen molar-refractivity contribution >= 4 is 18.6 Å². The summed E-state index contributed by atoms with van der Waals surface area (Å²) in [7, 11) is 0. The molecule has 0 spiro atoms. The molecular formula is C10H22O2S. The number of carboxylic acids is 1. The Morgan fingerprint density at radius 1 is 1.31 bits per heavy atom. The highest BCUT2D eigenvalue weighted by Crippen LogP contribution is 2.07. The van der Waals surface area contributed by atoms with Gasteiger partial charge >= 0.3 is 0 Å². The molecule has 0 aromatic rings. The number of hydrogen-bond donors (Lipinski definition) is 2. The summed E-state index contributed by atoms with van der Waals surface area (Å²) in [6.07, 6.45) is 5.42. The van der Waals surface area contributed by atoms with Crippen LogP contribution in [0, 0.1) is 5.92 Å². The molecule has 13 heavy (non-hydrogen) atoms. The Bertz CT molecular complexity index is 109. The van der Waals surface area contributed by atoms with Gasteiger partial charge in [-0.3, -0.25) is 4.79 Å². The molecule has 0 unspecified atom stereocenters. The molecule has 0 fully saturated rings. The van der Waals surface area contributed by atoms with E-state index in [4.69, 9.17) is 9.90 Å². The molecule has 0 saturated heterocycles. The third-order valence-corrected chi connectivity index (χ3v) is 1.76. The van der Waals surface area contributed by atoms with Crippen LogP contribution in [0.1, 0.15) is 46.5 Å². The van der Waals surface area contributed by atoms with Gasteiger partial charge in [-0.1, -0.05) is 33.1 Å². The molecule has 0 heterocycles. The van der Waals surface area contributed by atoms with Crippen molar-refractivity contribution in [2.45, 2.75) is 46.5 Å². The van der Waals surface area contributed by atoms with E-state index in [1.165, 1.54) is 25.7 Å². The zero-order valence-electron chi connectivity index (χ0n) is 8.92. The van der Waals surface area contributed by atoms with Crippen molar-refractivity contribution < 1.29 is 9.90 Å². The first-order chi connectivity index (χ1) is 6.00. The van der Waals surface area contributed by atoms with Crippen LogP contribution in [0.3, 0.4) is 0 Å². The smallest absolute Gasteiger partial charge is 0.300 e. The monoisotopic (exact) mass is 206 g/mol. The van der Waals surface area contributed by atoms with Crippen LogP contribution in [-0.2, 0) is 4.79 Å². The minimum atomic E-state index is -0.833. The minimum absolute atomic E-state index is 0.833. The molecule has 0 atom stereocenters. The van der Waals surface area contributed by atoms with Gasteiger partial charge in [0, 0.05) is 6.92 Å². The number of unbranched alkanes of at least 4 members (excludes halogenated alkanes) is 2. The van der Waals surface area contributed by atoms with Crippen LogP contribution in [0.15, 0.2) is 0 Å². The lowest BCUT2D eigenvalue weighted by Crippen LogP contribution is -1.86. The summed E-state index contributed by atoms with van der Waals surface area (Å²) in [5, 5.41) is 7.42. The van der Waals surface area contributed by atoms with Gasteiger partial charge in [-0.05, 0) is 18.1 Å². The van der Waals surface area contributed by atoms with E-state index in [1.807, 2.05) is 0 Å². The fourth-order valence-corrected chi connectivity index (χ4v) is 1.06. The van der Waals surface area contributed by atoms with Crippen LogP contribution in [0.25, 0.3) is 0 Å². The fourth-order valence-electron chi connectivity index (χ4n) is 0.841. The van der Waals surface area contributed by atoms with E-state index < -0.39 is 5.97 Å². The molecule has 0 aromatic heterocycles. The number of carboxylic acid groups (broad SMARTS) is 1. The Labute approximate surface area is 87.1 Å². The molecule has 0 saturated carbocycles. The van der Waals surface area contributed by atoms with Crippen LogP contribution in [0.2, 0.25) is 0 Å². The Morgan fingerprint density at radius 3 is 2.08 bits per heavy atom. The SMILES string of the molecule is CC(=O)O.CC(C)CCCCCS. The number of hydrogen-bond acceptors (Lipinski definition) is 2. The van der Waals surface area contributed by atoms with Gasteiger partial charge in [-0.25, -0.2) is 0 Å². The molecule has 3 heteroatoms. The van der Waals surface area contributed by atoms with Crippen LogP contribution in [0.5, 0.6) is 0 Å². The van der Waals surface area contributed by atoms with Gasteiger partial charge in [0.25, 0.3) is 5.97 Å². The summed E-state index contributed by atoms with van der Waals surface area (Å²) in [6.45, 7) is 5.64. The fraction of sp³-hybridized carbons (Fsp3) is 0.900. The molecule has 0 rings (SSSR count). The van der Waals surface area contributed by atoms with E-state index in [0.29, 0.717) is 0 Å². The van der Waals surface area contributed by atoms with Crippen molar-refractivity contribution in [3.05, 3.63) is 0 Å². The first-order valence-corrected chi connectivity index (χ1v) is 5.44. The van der Waals surface area contributed by atoms with Gasteiger partial charge in [0.05, 0.1) is 0 Å². The van der Waals surface area contributed by atoms with Crippen molar-refractivity contribution in [2.75, 3.05) is 5.75 Å². The molecule has 80 valence electrons. The third-order valence-electron chi connectivity index (χ3n) is 1.44. The molecule has 1 N–H and O–H groups in total. The lowest BCUT2D eigenvalue weighted by atomic mass is 10.1. The summed E-state index contributed by atoms with van der Waals surface area (Å²) in [4.78, 5) is 9.00. The molecule has 0 aromatic carbocycles. The molecular weight excluding hydrogens is 184 g/mol. The summed E-state index contributed by atoms with van der Waals surface area (Å²) < 4.78 is 0. The predicted octanol–water partition coefficient (Wildman–Crippen LogP) is 3.22. The zero-order valence-corrected chi connectivity index (χ0v) is 9.81. The maximum Gasteiger partial charge on any atom is 0.300 e. The summed E-state index contributed by atoms with van der Waals surface area (Å²) in [5.41, 5.74) is 0. The molecule has 2 nitrogen and oxygen atoms in total. The minimum Gasteiger partial charge on any atom is -0.481 e. The largest absolute Gasteiger partial charge is 0.481 e. The molecule has 0 amide bonds. The second-order valence-corrected chi connectivity index (χ2v) is 3.93. The maximum atomic E-state index is 9.00. The van der Waals surface area contributed by atoms with Crippen molar-refractivity contribution in [1.82, 2.24) is 0 Å². The quantitative estimate of drug-likeness (QED) is 0.535. The highest BCUT2D eigenvalue weighted by Gasteiger charge is 1.92. The topological polar surface area (TPSA) is 37.3 Å². The molecule has 0 radical (unpaired) electrons. The van der Waals surface area contributed by atoms with Crippen LogP contribution in [0.4, 0.5) is 0 Å². The van der Waals surface area contributed by atoms with Gasteiger partial charge in [-0.15, -0.1) is 0 Å². The summed E-state index contributed by atoms with van der Waals surface area (Å²) in [5.74, 6) is 1.10. The van der Waals surface area contributed by atoms with Crippen molar-refractivity contribution in [3.8, 4) is 0 Å². The van der Waals surface area contributed by atoms with Gasteiger partial charge in [0.15, 0.2) is 0 Å². The van der Waals surface area contributed by atoms with Gasteiger partial charge in [-0.2, -0.15) is 12.6 Å². The Balaban J connectivity index is 0. The molecule has 0 bridgehead atoms. The maximum absolute atomic E-state index is 9.00. The first kappa shape index (κ1) is 15.3. The van der Waals surface area contributed by atoms with Crippen LogP contribution >= 0.6 is 12.6 Å². The molecule has 0 aliphatic rings. The van der Waals surface area contributed by atoms with Crippen LogP contribution in [-0.4, -0.2) is 16.8 Å². The lowest BCUT2D eigenvalue weighted by Gasteiger charge is -2.01. The van der Waals surface area contributed by atoms with Crippen LogP contribution < -0.4 is 0 Å². The average molecular weight is 206 g/mol. The van der Waals surface area contributed by atoms with E-state index >= 15 is 0 Å². The van der Waals surface area contributed by atoms with Crippen molar-refractivity contribution in [1.29, 1.82) is 0 Å². The second kappa shape index (κ2) is 11.8. The normalized spacial score (nSPS) is 9.31. The van der Waals surface area contributed by atoms with E-state index in [9.17, 15) is 0 Å². The Morgan fingerprint density at radius 2 is 1.77 bits per heavy atom. The van der Waals surface area contributed by atoms with E-state index in [1.54, 1.807) is 0 Å². The predicted molar refractivity (Wildman–Crippen MR) is 60.5 cm³/mol. The highest BCUT2D eigenvalue weighted by molar-refractivity contribution is 7.80. The standard InChI is InChI=1S/C8H18S.C2H4O2/c1-8(2)6-4-3-5-7-9;1-2(3)4/h8-9H,3-7H2,1-2H3;1H3,(H,3,4). The van der Waals surface area contributed by atoms with E-state index in [0.717, 1.165) is 18.6 Å². The Kier molecular flexibility index (Phi) is 13.9. The number of carbonyl (C=O) groups is 1. The summed E-state index contributed by atoms with van der Waals surface area (Å²) >= 11 is 4.15. The first-order valence-electron chi connectivity index (χ1n) is 4.81. The van der Waals surface area contributed by atoms with Gasteiger partial charge < -0.3 is 5.11 Å². The number of thiol groups is 1. The zero-order chi connectivity index (χ0) is 10.7. The lowest BCUT2D eigenvalue weighted by molar-refractivity contribution is -0.134. The second-order valence-electron chi connectivity index (χ2n) is 3.49. The van der Waals surface area contributed by atoms with Gasteiger partial charge in [0.2, 0.25) is 0 Å². The average Bonchev–Trinajstić information content (AvgIpc) is 1.97.